The number of nitrogens with zero attached hydrogens (tertiary/aromatic N) is 2. The summed E-state index contributed by atoms with van der Waals surface area (Å²) in [4.78, 5) is 50.2. The number of aliphatic hydroxyl groups is 1. The molecule has 0 unspecified atom stereocenters. The number of carbonyl (C=O) groups is 2. The fourth-order valence-corrected chi connectivity index (χ4v) is 4.69. The van der Waals surface area contributed by atoms with Gasteiger partial charge < -0.3 is 25.1 Å². The molecule has 0 fully saturated rings. The van der Waals surface area contributed by atoms with Crippen LogP contribution in [0.25, 0.3) is 22.4 Å². The fourth-order valence-electron chi connectivity index (χ4n) is 4.50. The number of pyridine rings is 1. The van der Waals surface area contributed by atoms with Crippen molar-refractivity contribution in [1.82, 2.24) is 19.9 Å². The van der Waals surface area contributed by atoms with Crippen molar-refractivity contribution in [3.8, 4) is 11.4 Å². The molecule has 4 N–H and O–H groups in total. The molecule has 0 spiro atoms. The Kier molecular flexibility index (Phi) is 6.55. The van der Waals surface area contributed by atoms with E-state index in [1.807, 2.05) is 0 Å². The number of methoxy groups -OCH3 is 1. The number of imide groups is 1. The highest BCUT2D eigenvalue weighted by Crippen LogP contribution is 2.31. The van der Waals surface area contributed by atoms with Gasteiger partial charge in [-0.05, 0) is 42.8 Å². The lowest BCUT2D eigenvalue weighted by molar-refractivity contribution is 0.0497. The topological polar surface area (TPSA) is 140 Å². The largest absolute Gasteiger partial charge is 0.387 e. The van der Waals surface area contributed by atoms with Crippen molar-refractivity contribution in [1.29, 1.82) is 0 Å². The van der Waals surface area contributed by atoms with Gasteiger partial charge in [0.05, 0.1) is 46.6 Å². The summed E-state index contributed by atoms with van der Waals surface area (Å²) in [5.74, 6) is -0.562. The molecule has 2 aromatic heterocycles. The predicted molar refractivity (Wildman–Crippen MR) is 139 cm³/mol. The Morgan fingerprint density at radius 2 is 1.89 bits per heavy atom. The zero-order valence-corrected chi connectivity index (χ0v) is 20.8. The number of aromatic amines is 2. The first-order chi connectivity index (χ1) is 17.8. The average molecular weight is 522 g/mol. The Balaban J connectivity index is 1.46. The van der Waals surface area contributed by atoms with Gasteiger partial charge in [0.1, 0.15) is 11.4 Å². The minimum Gasteiger partial charge on any atom is -0.387 e. The lowest BCUT2D eigenvalue weighted by Crippen LogP contribution is -2.40. The molecule has 3 heterocycles. The standard InChI is InChI=1S/C26H24ClN5O5/c1-13(12-37-2)32-25(35)16-9-19-20(10-17(16)26(32)36)31-23(30-19)22-18(6-7-28-24(22)34)29-11-21(33)14-4-3-5-15(27)8-14/h3-10,13,21,33H,11-12H2,1-2H3,(H,30,31)(H2,28,29,34)/t13-,21-/m1/s1. The molecule has 4 aromatic rings. The van der Waals surface area contributed by atoms with Crippen LogP contribution in [-0.2, 0) is 4.74 Å². The number of benzene rings is 2. The maximum Gasteiger partial charge on any atom is 0.261 e. The van der Waals surface area contributed by atoms with Gasteiger partial charge in [-0.15, -0.1) is 0 Å². The number of aliphatic hydroxyl groups excluding tert-OH is 1. The van der Waals surface area contributed by atoms with Crippen LogP contribution in [0.5, 0.6) is 0 Å². The molecule has 2 aromatic carbocycles. The van der Waals surface area contributed by atoms with Crippen molar-refractivity contribution in [2.24, 2.45) is 0 Å². The number of fused-ring (bicyclic) bond motifs is 2. The average Bonchev–Trinajstić information content (AvgIpc) is 3.39. The minimum atomic E-state index is -0.870. The Hall–Kier alpha value is -3.99. The summed E-state index contributed by atoms with van der Waals surface area (Å²) >= 11 is 6.02. The van der Waals surface area contributed by atoms with Gasteiger partial charge in [-0.1, -0.05) is 23.7 Å². The highest BCUT2D eigenvalue weighted by Gasteiger charge is 2.39. The Morgan fingerprint density at radius 3 is 2.62 bits per heavy atom. The molecule has 5 rings (SSSR count). The molecule has 190 valence electrons. The second-order valence-electron chi connectivity index (χ2n) is 8.83. The lowest BCUT2D eigenvalue weighted by atomic mass is 10.1. The van der Waals surface area contributed by atoms with Crippen molar-refractivity contribution in [2.45, 2.75) is 19.1 Å². The first kappa shape index (κ1) is 24.7. The van der Waals surface area contributed by atoms with Crippen LogP contribution in [0, 0.1) is 0 Å². The highest BCUT2D eigenvalue weighted by atomic mass is 35.5. The highest BCUT2D eigenvalue weighted by molar-refractivity contribution is 6.30. The van der Waals surface area contributed by atoms with Crippen molar-refractivity contribution in [3.63, 3.8) is 0 Å². The lowest BCUT2D eigenvalue weighted by Gasteiger charge is -2.21. The van der Waals surface area contributed by atoms with Gasteiger partial charge in [0.2, 0.25) is 0 Å². The van der Waals surface area contributed by atoms with Gasteiger partial charge in [0, 0.05) is 24.9 Å². The fraction of sp³-hybridized carbons (Fsp3) is 0.231. The molecule has 1 aliphatic heterocycles. The number of anilines is 1. The van der Waals surface area contributed by atoms with E-state index in [2.05, 4.69) is 20.3 Å². The van der Waals surface area contributed by atoms with E-state index in [1.54, 1.807) is 49.4 Å². The Labute approximate surface area is 216 Å². The molecule has 2 amide bonds. The summed E-state index contributed by atoms with van der Waals surface area (Å²) in [7, 11) is 1.51. The van der Waals surface area contributed by atoms with E-state index in [1.165, 1.54) is 18.2 Å². The van der Waals surface area contributed by atoms with E-state index in [0.717, 1.165) is 0 Å². The molecule has 11 heteroatoms. The van der Waals surface area contributed by atoms with Crippen LogP contribution in [0.2, 0.25) is 5.02 Å². The number of imidazole rings is 1. The van der Waals surface area contributed by atoms with Crippen molar-refractivity contribution < 1.29 is 19.4 Å². The number of carbonyl (C=O) groups excluding carboxylic acids is 2. The summed E-state index contributed by atoms with van der Waals surface area (Å²) in [5, 5.41) is 14.2. The first-order valence-electron chi connectivity index (χ1n) is 11.6. The predicted octanol–water partition coefficient (Wildman–Crippen LogP) is 3.35. The van der Waals surface area contributed by atoms with Gasteiger partial charge in [-0.3, -0.25) is 19.3 Å². The van der Waals surface area contributed by atoms with Crippen molar-refractivity contribution in [2.75, 3.05) is 25.6 Å². The molecule has 0 bridgehead atoms. The van der Waals surface area contributed by atoms with Crippen LogP contribution in [-0.4, -0.2) is 63.1 Å². The van der Waals surface area contributed by atoms with Gasteiger partial charge in [-0.25, -0.2) is 4.98 Å². The first-order valence-corrected chi connectivity index (χ1v) is 12.0. The van der Waals surface area contributed by atoms with Crippen LogP contribution in [0.1, 0.15) is 39.3 Å². The number of nitrogens with one attached hydrogen (secondary N) is 3. The van der Waals surface area contributed by atoms with Gasteiger partial charge >= 0.3 is 0 Å². The zero-order valence-electron chi connectivity index (χ0n) is 20.0. The van der Waals surface area contributed by atoms with E-state index in [9.17, 15) is 19.5 Å². The normalized spacial score (nSPS) is 14.8. The van der Waals surface area contributed by atoms with E-state index >= 15 is 0 Å². The monoisotopic (exact) mass is 521 g/mol. The Bertz CT molecular complexity index is 1530. The summed E-state index contributed by atoms with van der Waals surface area (Å²) in [6.45, 7) is 2.08. The molecular weight excluding hydrogens is 498 g/mol. The molecule has 0 aliphatic carbocycles. The second-order valence-corrected chi connectivity index (χ2v) is 9.27. The molecule has 1 aliphatic rings. The van der Waals surface area contributed by atoms with E-state index in [0.29, 0.717) is 27.3 Å². The maximum absolute atomic E-state index is 13.0. The number of halogens is 1. The van der Waals surface area contributed by atoms with Crippen LogP contribution >= 0.6 is 11.6 Å². The quantitative estimate of drug-likeness (QED) is 0.261. The maximum atomic E-state index is 13.0. The number of amides is 2. The summed E-state index contributed by atoms with van der Waals surface area (Å²) in [5.41, 5.74) is 2.36. The summed E-state index contributed by atoms with van der Waals surface area (Å²) in [6.07, 6.45) is 0.620. The third-order valence-corrected chi connectivity index (χ3v) is 6.52. The third kappa shape index (κ3) is 4.50. The number of rotatable bonds is 8. The van der Waals surface area contributed by atoms with Gasteiger partial charge in [-0.2, -0.15) is 0 Å². The molecule has 0 saturated heterocycles. The number of aromatic nitrogens is 3. The molecular formula is C26H24ClN5O5. The van der Waals surface area contributed by atoms with Crippen molar-refractivity contribution >= 4 is 40.1 Å². The van der Waals surface area contributed by atoms with Gasteiger partial charge in [0.25, 0.3) is 17.4 Å². The summed E-state index contributed by atoms with van der Waals surface area (Å²) < 4.78 is 5.10. The van der Waals surface area contributed by atoms with Crippen LogP contribution < -0.4 is 10.9 Å². The van der Waals surface area contributed by atoms with Crippen LogP contribution in [0.15, 0.2) is 53.5 Å². The molecule has 0 saturated carbocycles. The molecule has 0 radical (unpaired) electrons. The van der Waals surface area contributed by atoms with E-state index < -0.39 is 29.5 Å². The van der Waals surface area contributed by atoms with E-state index in [-0.39, 0.29) is 35.7 Å². The third-order valence-electron chi connectivity index (χ3n) is 6.29. The second kappa shape index (κ2) is 9.81. The van der Waals surface area contributed by atoms with Crippen molar-refractivity contribution in [3.05, 3.63) is 80.7 Å². The van der Waals surface area contributed by atoms with Crippen LogP contribution in [0.4, 0.5) is 5.69 Å². The number of H-pyrrole nitrogens is 2. The minimum absolute atomic E-state index is 0.115. The number of ether oxygens (including phenoxy) is 1. The molecule has 2 atom stereocenters. The summed E-state index contributed by atoms with van der Waals surface area (Å²) in [6, 6.07) is 11.3. The number of hydrogen-bond acceptors (Lipinski definition) is 7. The SMILES string of the molecule is COC[C@@H](C)N1C(=O)c2cc3nc(-c4c(NC[C@@H](O)c5cccc(Cl)c5)cc[nH]c4=O)[nH]c3cc2C1=O. The number of hydrogen-bond donors (Lipinski definition) is 4. The molecule has 10 nitrogen and oxygen atoms in total. The Morgan fingerprint density at radius 1 is 1.14 bits per heavy atom. The van der Waals surface area contributed by atoms with E-state index in [4.69, 9.17) is 16.3 Å². The van der Waals surface area contributed by atoms with Gasteiger partial charge in [0.15, 0.2) is 0 Å². The smallest absolute Gasteiger partial charge is 0.261 e. The van der Waals surface area contributed by atoms with Crippen LogP contribution in [0.3, 0.4) is 0 Å². The molecule has 37 heavy (non-hydrogen) atoms. The zero-order chi connectivity index (χ0) is 26.3.